The average Bonchev–Trinajstić information content (AvgIpc) is 2.07. The largest absolute Gasteiger partial charge is 0.380 e. The van der Waals surface area contributed by atoms with Crippen molar-refractivity contribution in [3.8, 4) is 0 Å². The van der Waals surface area contributed by atoms with Gasteiger partial charge in [-0.05, 0) is 20.3 Å². The highest BCUT2D eigenvalue weighted by Gasteiger charge is 2.35. The first kappa shape index (κ1) is 15.1. The molecule has 0 aliphatic carbocycles. The van der Waals surface area contributed by atoms with E-state index in [0.29, 0.717) is 6.42 Å². The summed E-state index contributed by atoms with van der Waals surface area (Å²) < 4.78 is 0. The van der Waals surface area contributed by atoms with Crippen molar-refractivity contribution in [2.45, 2.75) is 59.1 Å². The van der Waals surface area contributed by atoms with Crippen molar-refractivity contribution in [1.29, 1.82) is 0 Å². The van der Waals surface area contributed by atoms with Crippen LogP contribution >= 0.6 is 0 Å². The fourth-order valence-electron chi connectivity index (χ4n) is 1.11. The molecule has 0 amide bonds. The fraction of sp³-hybridized carbons (Fsp3) is 0.900. The Bertz CT molecular complexity index is 146. The van der Waals surface area contributed by atoms with Crippen LogP contribution < -0.4 is 5.73 Å². The van der Waals surface area contributed by atoms with Gasteiger partial charge in [0.05, 0.1) is 0 Å². The summed E-state index contributed by atoms with van der Waals surface area (Å²) in [6.07, 6.45) is 1.21. The summed E-state index contributed by atoms with van der Waals surface area (Å²) in [5.74, 6) is -0.241. The lowest BCUT2D eigenvalue weighted by atomic mass is 9.87. The van der Waals surface area contributed by atoms with Crippen molar-refractivity contribution >= 4 is 5.78 Å². The van der Waals surface area contributed by atoms with Gasteiger partial charge >= 0.3 is 0 Å². The summed E-state index contributed by atoms with van der Waals surface area (Å²) in [7, 11) is 0. The lowest BCUT2D eigenvalue weighted by molar-refractivity contribution is -0.137. The molecule has 0 aliphatic heterocycles. The molecule has 80 valence electrons. The van der Waals surface area contributed by atoms with Crippen LogP contribution in [0, 0.1) is 0 Å². The summed E-state index contributed by atoms with van der Waals surface area (Å²) in [6, 6.07) is -0.486. The van der Waals surface area contributed by atoms with Gasteiger partial charge < -0.3 is 10.8 Å². The highest BCUT2D eigenvalue weighted by atomic mass is 16.3. The highest BCUT2D eigenvalue weighted by molar-refractivity contribution is 5.85. The normalized spacial score (nSPS) is 16.5. The minimum atomic E-state index is -1.31. The van der Waals surface area contributed by atoms with Crippen LogP contribution in [-0.2, 0) is 4.79 Å². The Morgan fingerprint density at radius 3 is 2.00 bits per heavy atom. The molecular weight excluding hydrogens is 166 g/mol. The second-order valence-electron chi connectivity index (χ2n) is 3.02. The van der Waals surface area contributed by atoms with Gasteiger partial charge in [0.1, 0.15) is 5.60 Å². The van der Waals surface area contributed by atoms with Gasteiger partial charge in [0.25, 0.3) is 0 Å². The van der Waals surface area contributed by atoms with Crippen LogP contribution in [0.2, 0.25) is 0 Å². The van der Waals surface area contributed by atoms with Crippen LogP contribution in [0.15, 0.2) is 0 Å². The van der Waals surface area contributed by atoms with E-state index in [-0.39, 0.29) is 5.78 Å². The predicted octanol–water partition coefficient (Wildman–Crippen LogP) is 1.48. The molecule has 2 unspecified atom stereocenters. The van der Waals surface area contributed by atoms with E-state index in [1.54, 1.807) is 6.92 Å². The van der Waals surface area contributed by atoms with Gasteiger partial charge in [-0.25, -0.2) is 0 Å². The van der Waals surface area contributed by atoms with Crippen LogP contribution in [0.1, 0.15) is 47.5 Å². The van der Waals surface area contributed by atoms with Crippen LogP contribution in [0.5, 0.6) is 0 Å². The van der Waals surface area contributed by atoms with Crippen molar-refractivity contribution in [3.05, 3.63) is 0 Å². The third kappa shape index (κ3) is 4.39. The maximum absolute atomic E-state index is 11.0. The molecule has 0 saturated heterocycles. The number of aliphatic hydroxyl groups is 1. The summed E-state index contributed by atoms with van der Waals surface area (Å²) in [6.45, 7) is 8.94. The molecule has 0 fully saturated rings. The second-order valence-corrected chi connectivity index (χ2v) is 3.02. The Labute approximate surface area is 81.3 Å². The van der Waals surface area contributed by atoms with Crippen molar-refractivity contribution in [2.24, 2.45) is 5.73 Å². The van der Waals surface area contributed by atoms with E-state index < -0.39 is 11.6 Å². The molecular formula is C10H23NO2. The molecule has 13 heavy (non-hydrogen) atoms. The number of nitrogens with two attached hydrogens (primary N) is 1. The molecule has 3 nitrogen and oxygen atoms in total. The maximum atomic E-state index is 11.0. The van der Waals surface area contributed by atoms with Crippen LogP contribution in [0.3, 0.4) is 0 Å². The second kappa shape index (κ2) is 7.04. The molecule has 0 bridgehead atoms. The molecule has 0 aromatic carbocycles. The van der Waals surface area contributed by atoms with Crippen molar-refractivity contribution in [1.82, 2.24) is 0 Å². The molecule has 3 heteroatoms. The number of hydrogen-bond acceptors (Lipinski definition) is 3. The third-order valence-electron chi connectivity index (χ3n) is 1.99. The van der Waals surface area contributed by atoms with E-state index in [1.165, 1.54) is 6.92 Å². The van der Waals surface area contributed by atoms with E-state index in [9.17, 15) is 9.90 Å². The van der Waals surface area contributed by atoms with Crippen molar-refractivity contribution < 1.29 is 9.90 Å². The number of carbonyl (C=O) groups excluding carboxylic acids is 1. The molecule has 0 rings (SSSR count). The van der Waals surface area contributed by atoms with E-state index >= 15 is 0 Å². The Morgan fingerprint density at radius 2 is 1.92 bits per heavy atom. The maximum Gasteiger partial charge on any atom is 0.162 e. The molecule has 0 aliphatic rings. The average molecular weight is 189 g/mol. The summed E-state index contributed by atoms with van der Waals surface area (Å²) in [5, 5.41) is 9.69. The SMILES string of the molecule is CC.CCCC(O)(C(C)=O)C(C)N. The Hall–Kier alpha value is -0.410. The van der Waals surface area contributed by atoms with Crippen molar-refractivity contribution in [2.75, 3.05) is 0 Å². The first-order valence-electron chi connectivity index (χ1n) is 4.94. The van der Waals surface area contributed by atoms with Gasteiger partial charge in [0, 0.05) is 6.04 Å². The fourth-order valence-corrected chi connectivity index (χ4v) is 1.11. The predicted molar refractivity (Wildman–Crippen MR) is 55.5 cm³/mol. The summed E-state index contributed by atoms with van der Waals surface area (Å²) in [5.41, 5.74) is 4.18. The quantitative estimate of drug-likeness (QED) is 0.704. The van der Waals surface area contributed by atoms with Gasteiger partial charge in [-0.1, -0.05) is 27.2 Å². The summed E-state index contributed by atoms with van der Waals surface area (Å²) >= 11 is 0. The smallest absolute Gasteiger partial charge is 0.162 e. The van der Waals surface area contributed by atoms with E-state index in [0.717, 1.165) is 6.42 Å². The standard InChI is InChI=1S/C8H17NO2.C2H6/c1-4-5-8(11,6(2)9)7(3)10;1-2/h6,11H,4-5,9H2,1-3H3;1-2H3. The monoisotopic (exact) mass is 189 g/mol. The summed E-state index contributed by atoms with van der Waals surface area (Å²) in [4.78, 5) is 11.0. The van der Waals surface area contributed by atoms with Gasteiger partial charge in [0.15, 0.2) is 5.78 Å². The lowest BCUT2D eigenvalue weighted by Gasteiger charge is -2.28. The molecule has 0 saturated carbocycles. The first-order chi connectivity index (χ1) is 5.95. The van der Waals surface area contributed by atoms with Crippen LogP contribution in [0.4, 0.5) is 0 Å². The number of rotatable bonds is 4. The Kier molecular flexibility index (Phi) is 8.16. The third-order valence-corrected chi connectivity index (χ3v) is 1.99. The number of carbonyl (C=O) groups is 1. The van der Waals surface area contributed by atoms with Gasteiger partial charge in [-0.2, -0.15) is 0 Å². The first-order valence-corrected chi connectivity index (χ1v) is 4.94. The number of Topliss-reactive ketones (excluding diaryl/α,β-unsaturated/α-hetero) is 1. The Balaban J connectivity index is 0. The molecule has 3 N–H and O–H groups in total. The molecule has 0 aromatic heterocycles. The van der Waals surface area contributed by atoms with E-state index in [1.807, 2.05) is 20.8 Å². The number of hydrogen-bond donors (Lipinski definition) is 2. The highest BCUT2D eigenvalue weighted by Crippen LogP contribution is 2.17. The topological polar surface area (TPSA) is 63.3 Å². The molecule has 0 aromatic rings. The lowest BCUT2D eigenvalue weighted by Crippen LogP contribution is -2.51. The van der Waals surface area contributed by atoms with Gasteiger partial charge in [-0.3, -0.25) is 4.79 Å². The molecule has 0 spiro atoms. The minimum Gasteiger partial charge on any atom is -0.380 e. The number of ketones is 1. The van der Waals surface area contributed by atoms with Gasteiger partial charge in [0.2, 0.25) is 0 Å². The zero-order valence-corrected chi connectivity index (χ0v) is 9.42. The van der Waals surface area contributed by atoms with Gasteiger partial charge in [-0.15, -0.1) is 0 Å². The van der Waals surface area contributed by atoms with Crippen LogP contribution in [0.25, 0.3) is 0 Å². The van der Waals surface area contributed by atoms with Crippen LogP contribution in [-0.4, -0.2) is 22.5 Å². The zero-order valence-electron chi connectivity index (χ0n) is 9.42. The van der Waals surface area contributed by atoms with E-state index in [4.69, 9.17) is 5.73 Å². The van der Waals surface area contributed by atoms with Crippen molar-refractivity contribution in [3.63, 3.8) is 0 Å². The Morgan fingerprint density at radius 1 is 1.54 bits per heavy atom. The molecule has 2 atom stereocenters. The van der Waals surface area contributed by atoms with E-state index in [2.05, 4.69) is 0 Å². The molecule has 0 heterocycles. The molecule has 0 radical (unpaired) electrons. The minimum absolute atomic E-state index is 0.241. The zero-order chi connectivity index (χ0) is 11.1.